The molecular weight excluding hydrogens is 544 g/mol. The van der Waals surface area contributed by atoms with E-state index in [0.717, 1.165) is 0 Å². The zero-order valence-electron chi connectivity index (χ0n) is 23.0. The summed E-state index contributed by atoms with van der Waals surface area (Å²) < 4.78 is 43.4. The second-order valence-electron chi connectivity index (χ2n) is 10.8. The molecule has 216 valence electrons. The van der Waals surface area contributed by atoms with Crippen LogP contribution in [0.4, 0.5) is 16.3 Å². The minimum absolute atomic E-state index is 0.0761. The predicted octanol–water partition coefficient (Wildman–Crippen LogP) is 4.56. The summed E-state index contributed by atoms with van der Waals surface area (Å²) in [6.45, 7) is 4.59. The molecule has 41 heavy (non-hydrogen) atoms. The Labute approximate surface area is 240 Å². The van der Waals surface area contributed by atoms with E-state index in [1.165, 1.54) is 0 Å². The minimum atomic E-state index is -3.48. The second-order valence-corrected chi connectivity index (χ2v) is 13.3. The molecule has 1 aliphatic carbocycles. The first-order chi connectivity index (χ1) is 19.9. The number of morpholine rings is 1. The average Bonchev–Trinajstić information content (AvgIpc) is 3.85. The Kier molecular flexibility index (Phi) is 7.67. The molecule has 0 spiro atoms. The number of amides is 1. The highest BCUT2D eigenvalue weighted by atomic mass is 32.2. The van der Waals surface area contributed by atoms with Crippen LogP contribution in [0.25, 0.3) is 11.4 Å². The van der Waals surface area contributed by atoms with Crippen LogP contribution >= 0.6 is 0 Å². The molecule has 10 nitrogen and oxygen atoms in total. The Balaban J connectivity index is 1.35. The molecule has 1 aromatic heterocycles. The topological polar surface area (TPSA) is 120 Å². The van der Waals surface area contributed by atoms with Gasteiger partial charge in [0.25, 0.3) is 0 Å². The Hall–Kier alpha value is -3.54. The van der Waals surface area contributed by atoms with Crippen molar-refractivity contribution in [2.24, 2.45) is 0 Å². The van der Waals surface area contributed by atoms with E-state index < -0.39 is 20.7 Å². The van der Waals surface area contributed by atoms with Gasteiger partial charge in [0.15, 0.2) is 15.7 Å². The molecule has 1 amide bonds. The van der Waals surface area contributed by atoms with Gasteiger partial charge in [-0.15, -0.1) is 0 Å². The summed E-state index contributed by atoms with van der Waals surface area (Å²) in [7, 11) is -3.48. The predicted molar refractivity (Wildman–Crippen MR) is 155 cm³/mol. The lowest BCUT2D eigenvalue weighted by Crippen LogP contribution is -2.46. The number of carbonyl (C=O) groups is 1. The molecule has 6 rings (SSSR count). The van der Waals surface area contributed by atoms with Crippen LogP contribution in [0.1, 0.15) is 38.3 Å². The van der Waals surface area contributed by atoms with E-state index in [4.69, 9.17) is 24.2 Å². The lowest BCUT2D eigenvalue weighted by atomic mass is 9.94. The number of anilines is 2. The number of carbonyl (C=O) groups excluding carboxylic acids is 1. The molecule has 1 saturated carbocycles. The van der Waals surface area contributed by atoms with Crippen molar-refractivity contribution in [3.8, 4) is 17.1 Å². The van der Waals surface area contributed by atoms with Gasteiger partial charge in [-0.25, -0.2) is 23.2 Å². The molecule has 2 saturated heterocycles. The highest BCUT2D eigenvalue weighted by molar-refractivity contribution is 7.93. The molecule has 0 unspecified atom stereocenters. The maximum atomic E-state index is 13.9. The van der Waals surface area contributed by atoms with Crippen LogP contribution in [-0.4, -0.2) is 68.7 Å². The molecule has 3 aromatic rings. The summed E-state index contributed by atoms with van der Waals surface area (Å²) in [6.07, 6.45) is 1.52. The van der Waals surface area contributed by atoms with Gasteiger partial charge < -0.3 is 19.1 Å². The number of para-hydroxylation sites is 1. The number of hydrogen-bond donors (Lipinski definition) is 1. The van der Waals surface area contributed by atoms with Crippen molar-refractivity contribution in [2.45, 2.75) is 48.6 Å². The highest BCUT2D eigenvalue weighted by Gasteiger charge is 2.54. The van der Waals surface area contributed by atoms with Gasteiger partial charge in [0.2, 0.25) is 0 Å². The van der Waals surface area contributed by atoms with E-state index in [2.05, 4.69) is 17.1 Å². The summed E-state index contributed by atoms with van der Waals surface area (Å²) in [4.78, 5) is 24.4. The van der Waals surface area contributed by atoms with Crippen LogP contribution in [-0.2, 0) is 24.1 Å². The molecule has 0 radical (unpaired) electrons. The lowest BCUT2D eigenvalue weighted by molar-refractivity contribution is 0.0729. The van der Waals surface area contributed by atoms with Crippen molar-refractivity contribution < 1.29 is 27.4 Å². The van der Waals surface area contributed by atoms with Gasteiger partial charge in [-0.3, -0.25) is 5.32 Å². The Morgan fingerprint density at radius 3 is 2.41 bits per heavy atom. The average molecular weight is 579 g/mol. The van der Waals surface area contributed by atoms with Gasteiger partial charge in [0.05, 0.1) is 30.2 Å². The van der Waals surface area contributed by atoms with Crippen molar-refractivity contribution >= 4 is 27.4 Å². The first-order valence-corrected chi connectivity index (χ1v) is 15.6. The Morgan fingerprint density at radius 1 is 1.00 bits per heavy atom. The molecular formula is C30H34N4O6S. The number of aromatic nitrogens is 2. The molecule has 11 heteroatoms. The number of rotatable bonds is 7. The molecule has 1 atom stereocenters. The number of nitrogens with one attached hydrogen (secondary N) is 1. The zero-order chi connectivity index (χ0) is 28.5. The maximum absolute atomic E-state index is 13.9. The maximum Gasteiger partial charge on any atom is 0.417 e. The van der Waals surface area contributed by atoms with E-state index in [0.29, 0.717) is 93.0 Å². The van der Waals surface area contributed by atoms with Crippen molar-refractivity contribution in [3.05, 3.63) is 66.4 Å². The van der Waals surface area contributed by atoms with Crippen molar-refractivity contribution in [2.75, 3.05) is 43.2 Å². The normalized spacial score (nSPS) is 20.8. The van der Waals surface area contributed by atoms with E-state index >= 15 is 0 Å². The molecule has 2 aromatic carbocycles. The van der Waals surface area contributed by atoms with Gasteiger partial charge in [-0.05, 0) is 69.0 Å². The second kappa shape index (κ2) is 11.4. The standard InChI is InChI=1S/C30H34N4O6S/c1-21-20-39-18-15-34(21)27-19-26(30(13-16-38-17-14-30)41(36,37)25-11-12-25)32-28(33-27)22-7-9-23(10-8-22)31-29(35)40-24-5-3-2-4-6-24/h2-10,19,21,25H,11-18,20H2,1H3,(H,31,35)/t21-/m0/s1. The van der Waals surface area contributed by atoms with Crippen LogP contribution in [0.3, 0.4) is 0 Å². The third kappa shape index (κ3) is 5.66. The summed E-state index contributed by atoms with van der Waals surface area (Å²) in [6, 6.07) is 17.9. The van der Waals surface area contributed by atoms with Gasteiger partial charge in [-0.2, -0.15) is 0 Å². The Morgan fingerprint density at radius 2 is 1.73 bits per heavy atom. The first-order valence-electron chi connectivity index (χ1n) is 14.1. The molecule has 3 heterocycles. The molecule has 3 aliphatic rings. The fourth-order valence-electron chi connectivity index (χ4n) is 5.54. The number of nitrogens with zero attached hydrogens (tertiary/aromatic N) is 3. The summed E-state index contributed by atoms with van der Waals surface area (Å²) >= 11 is 0. The van der Waals surface area contributed by atoms with Crippen LogP contribution < -0.4 is 15.0 Å². The zero-order valence-corrected chi connectivity index (χ0v) is 23.8. The SMILES string of the molecule is C[C@H]1COCCN1c1cc(C2(S(=O)(=O)C3CC3)CCOCC2)nc(-c2ccc(NC(=O)Oc3ccccc3)cc2)n1. The van der Waals surface area contributed by atoms with Crippen LogP contribution in [0.15, 0.2) is 60.7 Å². The monoisotopic (exact) mass is 578 g/mol. The largest absolute Gasteiger partial charge is 0.417 e. The smallest absolute Gasteiger partial charge is 0.410 e. The first kappa shape index (κ1) is 27.6. The fourth-order valence-corrected chi connectivity index (χ4v) is 8.06. The van der Waals surface area contributed by atoms with Crippen molar-refractivity contribution in [3.63, 3.8) is 0 Å². The van der Waals surface area contributed by atoms with Crippen LogP contribution in [0.2, 0.25) is 0 Å². The number of benzene rings is 2. The highest BCUT2D eigenvalue weighted by Crippen LogP contribution is 2.47. The quantitative estimate of drug-likeness (QED) is 0.430. The number of ether oxygens (including phenoxy) is 3. The van der Waals surface area contributed by atoms with E-state index in [9.17, 15) is 13.2 Å². The molecule has 0 bridgehead atoms. The van der Waals surface area contributed by atoms with Crippen molar-refractivity contribution in [1.29, 1.82) is 0 Å². The van der Waals surface area contributed by atoms with Crippen LogP contribution in [0.5, 0.6) is 5.75 Å². The van der Waals surface area contributed by atoms with Gasteiger partial charge in [-0.1, -0.05) is 18.2 Å². The third-order valence-electron chi connectivity index (χ3n) is 7.99. The number of hydrogen-bond acceptors (Lipinski definition) is 9. The lowest BCUT2D eigenvalue weighted by Gasteiger charge is -2.38. The van der Waals surface area contributed by atoms with Gasteiger partial charge >= 0.3 is 6.09 Å². The number of sulfone groups is 1. The summed E-state index contributed by atoms with van der Waals surface area (Å²) in [5, 5.41) is 2.40. The molecule has 1 N–H and O–H groups in total. The van der Waals surface area contributed by atoms with E-state index in [1.54, 1.807) is 36.4 Å². The molecule has 2 aliphatic heterocycles. The Bertz CT molecular complexity index is 1490. The summed E-state index contributed by atoms with van der Waals surface area (Å²) in [5.41, 5.74) is 1.78. The van der Waals surface area contributed by atoms with Crippen molar-refractivity contribution in [1.82, 2.24) is 9.97 Å². The van der Waals surface area contributed by atoms with E-state index in [1.807, 2.05) is 24.3 Å². The summed E-state index contributed by atoms with van der Waals surface area (Å²) in [5.74, 6) is 1.57. The fraction of sp³-hybridized carbons (Fsp3) is 0.433. The third-order valence-corrected chi connectivity index (χ3v) is 11.0. The van der Waals surface area contributed by atoms with Crippen LogP contribution in [0, 0.1) is 0 Å². The van der Waals surface area contributed by atoms with E-state index in [-0.39, 0.29) is 11.3 Å². The van der Waals surface area contributed by atoms with Gasteiger partial charge in [0, 0.05) is 37.1 Å². The minimum Gasteiger partial charge on any atom is -0.410 e. The van der Waals surface area contributed by atoms with Gasteiger partial charge in [0.1, 0.15) is 16.3 Å². The molecule has 3 fully saturated rings.